The molecule has 0 saturated carbocycles. The van der Waals surface area contributed by atoms with Crippen LogP contribution in [0.2, 0.25) is 5.02 Å². The van der Waals surface area contributed by atoms with E-state index in [0.717, 1.165) is 10.2 Å². The molecule has 0 unspecified atom stereocenters. The van der Waals surface area contributed by atoms with E-state index in [1.54, 1.807) is 25.1 Å². The Morgan fingerprint density at radius 3 is 2.81 bits per heavy atom. The molecule has 0 aliphatic carbocycles. The number of carbonyl (C=O) groups is 1. The highest BCUT2D eigenvalue weighted by atomic mass is 35.5. The van der Waals surface area contributed by atoms with Gasteiger partial charge in [-0.1, -0.05) is 23.7 Å². The van der Waals surface area contributed by atoms with Crippen molar-refractivity contribution in [2.45, 2.75) is 13.3 Å². The third-order valence-electron chi connectivity index (χ3n) is 3.60. The summed E-state index contributed by atoms with van der Waals surface area (Å²) in [6.45, 7) is 2.17. The van der Waals surface area contributed by atoms with E-state index in [0.29, 0.717) is 22.8 Å². The van der Waals surface area contributed by atoms with Gasteiger partial charge in [-0.3, -0.25) is 4.79 Å². The molecule has 0 saturated heterocycles. The Bertz CT molecular complexity index is 963. The number of carboxylic acids is 1. The molecule has 1 heterocycles. The summed E-state index contributed by atoms with van der Waals surface area (Å²) in [6, 6.07) is 10.8. The first kappa shape index (κ1) is 18.2. The summed E-state index contributed by atoms with van der Waals surface area (Å²) in [5.74, 6) is -0.832. The van der Waals surface area contributed by atoms with Gasteiger partial charge in [-0.25, -0.2) is 4.98 Å². The van der Waals surface area contributed by atoms with Crippen molar-refractivity contribution in [1.82, 2.24) is 4.98 Å². The molecule has 5 nitrogen and oxygen atoms in total. The zero-order chi connectivity index (χ0) is 18.7. The van der Waals surface area contributed by atoms with Crippen LogP contribution in [0.1, 0.15) is 23.9 Å². The molecule has 3 rings (SSSR count). The molecule has 0 fully saturated rings. The second-order valence-electron chi connectivity index (χ2n) is 5.51. The molecule has 0 aliphatic rings. The van der Waals surface area contributed by atoms with E-state index in [4.69, 9.17) is 16.3 Å². The minimum Gasteiger partial charge on any atom is -0.503 e. The van der Waals surface area contributed by atoms with Crippen LogP contribution in [-0.4, -0.2) is 27.8 Å². The van der Waals surface area contributed by atoms with E-state index < -0.39 is 5.97 Å². The SMILES string of the molecule is CCOc1cc(/C=C(\CC(=O)O)c2nc3ccccc3s2)cc(Cl)c1O. The van der Waals surface area contributed by atoms with Crippen LogP contribution in [0.5, 0.6) is 11.5 Å². The monoisotopic (exact) mass is 389 g/mol. The lowest BCUT2D eigenvalue weighted by molar-refractivity contribution is -0.135. The van der Waals surface area contributed by atoms with E-state index in [1.165, 1.54) is 11.3 Å². The number of rotatable bonds is 6. The lowest BCUT2D eigenvalue weighted by Gasteiger charge is -2.09. The van der Waals surface area contributed by atoms with E-state index >= 15 is 0 Å². The van der Waals surface area contributed by atoms with E-state index in [9.17, 15) is 15.0 Å². The molecular formula is C19H16ClNO4S. The number of phenolic OH excluding ortho intramolecular Hbond substituents is 1. The van der Waals surface area contributed by atoms with Gasteiger partial charge >= 0.3 is 5.97 Å². The minimum atomic E-state index is -0.953. The molecule has 2 aromatic carbocycles. The quantitative estimate of drug-likeness (QED) is 0.615. The number of phenols is 1. The first-order valence-corrected chi connectivity index (χ1v) is 9.11. The molecule has 0 atom stereocenters. The molecule has 0 radical (unpaired) electrons. The van der Waals surface area contributed by atoms with Crippen molar-refractivity contribution < 1.29 is 19.7 Å². The van der Waals surface area contributed by atoms with Gasteiger partial charge in [0, 0.05) is 0 Å². The van der Waals surface area contributed by atoms with Gasteiger partial charge < -0.3 is 14.9 Å². The lowest BCUT2D eigenvalue weighted by atomic mass is 10.1. The predicted octanol–water partition coefficient (Wildman–Crippen LogP) is 5.07. The van der Waals surface area contributed by atoms with E-state index in [2.05, 4.69) is 4.98 Å². The number of aliphatic carboxylic acids is 1. The Hall–Kier alpha value is -2.57. The average Bonchev–Trinajstić information content (AvgIpc) is 3.02. The van der Waals surface area contributed by atoms with Crippen molar-refractivity contribution in [1.29, 1.82) is 0 Å². The largest absolute Gasteiger partial charge is 0.503 e. The van der Waals surface area contributed by atoms with Gasteiger partial charge in [0.25, 0.3) is 0 Å². The fourth-order valence-corrected chi connectivity index (χ4v) is 3.70. The maximum absolute atomic E-state index is 11.3. The summed E-state index contributed by atoms with van der Waals surface area (Å²) in [5.41, 5.74) is 2.01. The topological polar surface area (TPSA) is 79.7 Å². The molecule has 3 aromatic rings. The number of nitrogens with zero attached hydrogens (tertiary/aromatic N) is 1. The number of carboxylic acid groups (broad SMARTS) is 1. The summed E-state index contributed by atoms with van der Waals surface area (Å²) < 4.78 is 6.37. The normalized spacial score (nSPS) is 11.7. The van der Waals surface area contributed by atoms with Gasteiger partial charge in [-0.15, -0.1) is 11.3 Å². The number of benzene rings is 2. The summed E-state index contributed by atoms with van der Waals surface area (Å²) in [5, 5.41) is 20.0. The van der Waals surface area contributed by atoms with Crippen molar-refractivity contribution in [3.8, 4) is 11.5 Å². The van der Waals surface area contributed by atoms with Crippen molar-refractivity contribution in [2.75, 3.05) is 6.61 Å². The Morgan fingerprint density at radius 1 is 1.35 bits per heavy atom. The highest BCUT2D eigenvalue weighted by Crippen LogP contribution is 2.37. The van der Waals surface area contributed by atoms with Gasteiger partial charge in [0.15, 0.2) is 11.5 Å². The third kappa shape index (κ3) is 3.98. The van der Waals surface area contributed by atoms with Crippen LogP contribution < -0.4 is 4.74 Å². The number of fused-ring (bicyclic) bond motifs is 1. The number of hydrogen-bond donors (Lipinski definition) is 2. The van der Waals surface area contributed by atoms with Crippen LogP contribution in [0.3, 0.4) is 0 Å². The first-order chi connectivity index (χ1) is 12.5. The van der Waals surface area contributed by atoms with Gasteiger partial charge in [-0.05, 0) is 48.4 Å². The molecule has 0 bridgehead atoms. The van der Waals surface area contributed by atoms with Crippen molar-refractivity contribution in [3.63, 3.8) is 0 Å². The zero-order valence-corrected chi connectivity index (χ0v) is 15.5. The lowest BCUT2D eigenvalue weighted by Crippen LogP contribution is -1.97. The summed E-state index contributed by atoms with van der Waals surface area (Å²) in [7, 11) is 0. The van der Waals surface area contributed by atoms with Crippen LogP contribution in [0, 0.1) is 0 Å². The maximum atomic E-state index is 11.3. The van der Waals surface area contributed by atoms with Crippen LogP contribution in [0.15, 0.2) is 36.4 Å². The Labute approximate surface area is 159 Å². The van der Waals surface area contributed by atoms with Gasteiger partial charge in [0.1, 0.15) is 5.01 Å². The minimum absolute atomic E-state index is 0.134. The average molecular weight is 390 g/mol. The van der Waals surface area contributed by atoms with Crippen LogP contribution >= 0.6 is 22.9 Å². The Kier molecular flexibility index (Phi) is 5.44. The van der Waals surface area contributed by atoms with Crippen molar-refractivity contribution in [3.05, 3.63) is 52.0 Å². The van der Waals surface area contributed by atoms with Gasteiger partial charge in [0.2, 0.25) is 0 Å². The summed E-state index contributed by atoms with van der Waals surface area (Å²) in [6.07, 6.45) is 1.53. The van der Waals surface area contributed by atoms with Crippen molar-refractivity contribution in [2.24, 2.45) is 0 Å². The van der Waals surface area contributed by atoms with Crippen LogP contribution in [0.25, 0.3) is 21.9 Å². The molecule has 0 aliphatic heterocycles. The van der Waals surface area contributed by atoms with Gasteiger partial charge in [-0.2, -0.15) is 0 Å². The fraction of sp³-hybridized carbons (Fsp3) is 0.158. The number of hydrogen-bond acceptors (Lipinski definition) is 5. The summed E-state index contributed by atoms with van der Waals surface area (Å²) in [4.78, 5) is 15.9. The summed E-state index contributed by atoms with van der Waals surface area (Å²) >= 11 is 7.50. The van der Waals surface area contributed by atoms with E-state index in [-0.39, 0.29) is 22.9 Å². The van der Waals surface area contributed by atoms with Crippen LogP contribution in [-0.2, 0) is 4.79 Å². The second-order valence-corrected chi connectivity index (χ2v) is 6.95. The number of ether oxygens (including phenoxy) is 1. The molecule has 134 valence electrons. The fourth-order valence-electron chi connectivity index (χ4n) is 2.50. The van der Waals surface area contributed by atoms with Crippen LogP contribution in [0.4, 0.5) is 0 Å². The first-order valence-electron chi connectivity index (χ1n) is 7.91. The molecule has 7 heteroatoms. The number of thiazole rings is 1. The third-order valence-corrected chi connectivity index (χ3v) is 5.00. The maximum Gasteiger partial charge on any atom is 0.307 e. The smallest absolute Gasteiger partial charge is 0.307 e. The van der Waals surface area contributed by atoms with Gasteiger partial charge in [0.05, 0.1) is 28.3 Å². The molecule has 1 aromatic heterocycles. The molecular weight excluding hydrogens is 374 g/mol. The highest BCUT2D eigenvalue weighted by Gasteiger charge is 2.14. The Morgan fingerprint density at radius 2 is 2.12 bits per heavy atom. The number of halogens is 1. The van der Waals surface area contributed by atoms with Crippen molar-refractivity contribution >= 4 is 50.8 Å². The highest BCUT2D eigenvalue weighted by molar-refractivity contribution is 7.19. The number of para-hydroxylation sites is 1. The predicted molar refractivity (Wildman–Crippen MR) is 104 cm³/mol. The number of aromatic nitrogens is 1. The molecule has 0 amide bonds. The second kappa shape index (κ2) is 7.76. The zero-order valence-electron chi connectivity index (χ0n) is 13.9. The standard InChI is InChI=1S/C19H16ClNO4S/c1-2-25-15-9-11(8-13(20)18(15)24)7-12(10-17(22)23)19-21-14-5-3-4-6-16(14)26-19/h3-9,24H,2,10H2,1H3,(H,22,23)/b12-7+. The van der Waals surface area contributed by atoms with E-state index in [1.807, 2.05) is 24.3 Å². The number of aromatic hydroxyl groups is 1. The molecule has 0 spiro atoms. The Balaban J connectivity index is 2.09. The molecule has 2 N–H and O–H groups in total. The molecule has 26 heavy (non-hydrogen) atoms.